The molecule has 0 fully saturated rings. The van der Waals surface area contributed by atoms with Crippen molar-refractivity contribution in [2.24, 2.45) is 11.8 Å². The zero-order chi connectivity index (χ0) is 26.2. The number of allylic oxidation sites excluding steroid dienone is 1. The summed E-state index contributed by atoms with van der Waals surface area (Å²) in [6.07, 6.45) is 3.21. The van der Waals surface area contributed by atoms with Gasteiger partial charge < -0.3 is 9.47 Å². The molecule has 9 heteroatoms. The molecular weight excluding hydrogens is 522 g/mol. The van der Waals surface area contributed by atoms with Gasteiger partial charge in [-0.05, 0) is 50.3 Å². The minimum absolute atomic E-state index is 0.0138. The molecule has 1 atom stereocenters. The van der Waals surface area contributed by atoms with E-state index >= 15 is 0 Å². The van der Waals surface area contributed by atoms with Crippen LogP contribution in [-0.2, 0) is 29.1 Å². The van der Waals surface area contributed by atoms with Crippen LogP contribution in [0, 0.1) is 32.6 Å². The lowest BCUT2D eigenvalue weighted by molar-refractivity contribution is -0.158. The number of nitrogens with zero attached hydrogens (tertiary/aromatic N) is 1. The number of aryl methyl sites for hydroxylation is 3. The molecule has 1 aromatic carbocycles. The summed E-state index contributed by atoms with van der Waals surface area (Å²) in [6.45, 7) is 12.9. The van der Waals surface area contributed by atoms with E-state index < -0.39 is 33.9 Å². The van der Waals surface area contributed by atoms with Gasteiger partial charge in [0.05, 0.1) is 25.2 Å². The number of carbonyl (C=O) groups is 2. The van der Waals surface area contributed by atoms with Crippen molar-refractivity contribution in [2.45, 2.75) is 52.0 Å². The van der Waals surface area contributed by atoms with E-state index in [9.17, 15) is 18.0 Å². The number of methoxy groups -OCH3 is 2. The summed E-state index contributed by atoms with van der Waals surface area (Å²) < 4.78 is 39.1. The number of halogens is 1. The number of ether oxygens (including phenoxy) is 2. The van der Waals surface area contributed by atoms with Crippen LogP contribution >= 0.6 is 15.9 Å². The standard InChI is InChI=1S/C25H34BrNO6S/c1-9-10-22(16(2)3)27(34(30,31)23-18(5)13-17(4)14-19(23)6)15-20(26)11-12-21(24(28)32-7)25(29)33-8/h10-11,13-14,16,21-22H,1,12,15H2,2-8H3/b20-11+/t22-/m1/s1. The van der Waals surface area contributed by atoms with Crippen molar-refractivity contribution in [2.75, 3.05) is 20.8 Å². The van der Waals surface area contributed by atoms with Gasteiger partial charge in [-0.25, -0.2) is 8.42 Å². The number of esters is 2. The first-order valence-corrected chi connectivity index (χ1v) is 13.0. The number of carbonyl (C=O) groups excluding carboxylic acids is 2. The highest BCUT2D eigenvalue weighted by Crippen LogP contribution is 2.30. The van der Waals surface area contributed by atoms with Crippen LogP contribution in [0.2, 0.25) is 0 Å². The molecule has 0 aliphatic carbocycles. The zero-order valence-corrected chi connectivity index (χ0v) is 23.2. The van der Waals surface area contributed by atoms with Gasteiger partial charge in [-0.3, -0.25) is 9.59 Å². The van der Waals surface area contributed by atoms with Crippen LogP contribution in [0.15, 0.2) is 46.0 Å². The maximum Gasteiger partial charge on any atom is 0.320 e. The number of rotatable bonds is 11. The molecule has 0 unspecified atom stereocenters. The molecule has 0 saturated heterocycles. The third kappa shape index (κ3) is 7.40. The molecule has 0 aliphatic heterocycles. The SMILES string of the molecule is C=C=C[C@H](C(C)C)N(C/C(Br)=C\CC(C(=O)OC)C(=O)OC)S(=O)(=O)c1c(C)cc(C)cc1C. The predicted octanol–water partition coefficient (Wildman–Crippen LogP) is 4.60. The molecule has 0 saturated carbocycles. The normalized spacial score (nSPS) is 13.1. The molecule has 34 heavy (non-hydrogen) atoms. The number of benzene rings is 1. The van der Waals surface area contributed by atoms with Crippen molar-refractivity contribution in [3.63, 3.8) is 0 Å². The Morgan fingerprint density at radius 3 is 2.03 bits per heavy atom. The fourth-order valence-electron chi connectivity index (χ4n) is 3.80. The Balaban J connectivity index is 3.53. The predicted molar refractivity (Wildman–Crippen MR) is 136 cm³/mol. The van der Waals surface area contributed by atoms with Gasteiger partial charge in [0.15, 0.2) is 5.92 Å². The monoisotopic (exact) mass is 555 g/mol. The molecule has 0 bridgehead atoms. The van der Waals surface area contributed by atoms with Gasteiger partial charge in [-0.2, -0.15) is 4.31 Å². The highest BCUT2D eigenvalue weighted by Gasteiger charge is 2.35. The lowest BCUT2D eigenvalue weighted by Gasteiger charge is -2.32. The Bertz CT molecular complexity index is 1050. The van der Waals surface area contributed by atoms with E-state index in [0.29, 0.717) is 15.6 Å². The molecule has 0 aromatic heterocycles. The Kier molecular flexibility index (Phi) is 11.5. The van der Waals surface area contributed by atoms with Crippen LogP contribution in [0.4, 0.5) is 0 Å². The highest BCUT2D eigenvalue weighted by molar-refractivity contribution is 9.11. The summed E-state index contributed by atoms with van der Waals surface area (Å²) in [5.41, 5.74) is 5.01. The third-order valence-corrected chi connectivity index (χ3v) is 8.05. The Hall–Kier alpha value is -2.19. The quantitative estimate of drug-likeness (QED) is 0.225. The lowest BCUT2D eigenvalue weighted by Crippen LogP contribution is -2.43. The van der Waals surface area contributed by atoms with Crippen molar-refractivity contribution in [1.82, 2.24) is 4.31 Å². The van der Waals surface area contributed by atoms with Gasteiger partial charge in [0.1, 0.15) is 0 Å². The number of hydrogen-bond donors (Lipinski definition) is 0. The van der Waals surface area contributed by atoms with Gasteiger partial charge in [-0.1, -0.05) is 60.1 Å². The molecule has 188 valence electrons. The number of sulfonamides is 1. The highest BCUT2D eigenvalue weighted by atomic mass is 79.9. The summed E-state index contributed by atoms with van der Waals surface area (Å²) in [4.78, 5) is 24.2. The van der Waals surface area contributed by atoms with Gasteiger partial charge in [0, 0.05) is 11.0 Å². The van der Waals surface area contributed by atoms with E-state index in [0.717, 1.165) is 5.56 Å². The maximum atomic E-state index is 14.0. The van der Waals surface area contributed by atoms with Crippen molar-refractivity contribution >= 4 is 37.9 Å². The van der Waals surface area contributed by atoms with Crippen molar-refractivity contribution < 1.29 is 27.5 Å². The molecule has 0 radical (unpaired) electrons. The zero-order valence-electron chi connectivity index (χ0n) is 20.8. The van der Waals surface area contributed by atoms with E-state index in [1.54, 1.807) is 26.0 Å². The van der Waals surface area contributed by atoms with Gasteiger partial charge in [0.25, 0.3) is 0 Å². The number of hydrogen-bond acceptors (Lipinski definition) is 6. The summed E-state index contributed by atoms with van der Waals surface area (Å²) in [5.74, 6) is -2.68. The fourth-order valence-corrected chi connectivity index (χ4v) is 6.53. The topological polar surface area (TPSA) is 90.0 Å². The first kappa shape index (κ1) is 29.8. The third-order valence-electron chi connectivity index (χ3n) is 5.33. The van der Waals surface area contributed by atoms with Crippen LogP contribution in [0.5, 0.6) is 0 Å². The molecule has 0 N–H and O–H groups in total. The van der Waals surface area contributed by atoms with Gasteiger partial charge in [0.2, 0.25) is 10.0 Å². The molecule has 7 nitrogen and oxygen atoms in total. The van der Waals surface area contributed by atoms with E-state index in [2.05, 4.69) is 37.7 Å². The minimum atomic E-state index is -3.94. The Morgan fingerprint density at radius 2 is 1.62 bits per heavy atom. The summed E-state index contributed by atoms with van der Waals surface area (Å²) >= 11 is 3.43. The first-order valence-electron chi connectivity index (χ1n) is 10.8. The van der Waals surface area contributed by atoms with Gasteiger partial charge in [-0.15, -0.1) is 5.73 Å². The molecule has 1 rings (SSSR count). The molecule has 0 spiro atoms. The maximum absolute atomic E-state index is 14.0. The first-order chi connectivity index (χ1) is 15.8. The minimum Gasteiger partial charge on any atom is -0.468 e. The second kappa shape index (κ2) is 13.0. The van der Waals surface area contributed by atoms with E-state index in [1.807, 2.05) is 32.9 Å². The Labute approximate surface area is 211 Å². The summed E-state index contributed by atoms with van der Waals surface area (Å²) in [7, 11) is -1.57. The largest absolute Gasteiger partial charge is 0.468 e. The van der Waals surface area contributed by atoms with E-state index in [4.69, 9.17) is 0 Å². The van der Waals surface area contributed by atoms with Crippen LogP contribution < -0.4 is 0 Å². The fraction of sp³-hybridized carbons (Fsp3) is 0.480. The molecule has 0 aliphatic rings. The summed E-state index contributed by atoms with van der Waals surface area (Å²) in [6, 6.07) is 3.16. The molecule has 1 aromatic rings. The Morgan fingerprint density at radius 1 is 1.12 bits per heavy atom. The van der Waals surface area contributed by atoms with E-state index in [-0.39, 0.29) is 23.8 Å². The smallest absolute Gasteiger partial charge is 0.320 e. The van der Waals surface area contributed by atoms with Crippen molar-refractivity contribution in [3.8, 4) is 0 Å². The van der Waals surface area contributed by atoms with Crippen molar-refractivity contribution in [1.29, 1.82) is 0 Å². The van der Waals surface area contributed by atoms with Crippen LogP contribution in [-0.4, -0.2) is 51.5 Å². The van der Waals surface area contributed by atoms with Crippen LogP contribution in [0.25, 0.3) is 0 Å². The molecule has 0 amide bonds. The van der Waals surface area contributed by atoms with Crippen LogP contribution in [0.1, 0.15) is 37.0 Å². The average molecular weight is 557 g/mol. The molecular formula is C25H34BrNO6S. The van der Waals surface area contributed by atoms with E-state index in [1.165, 1.54) is 18.5 Å². The van der Waals surface area contributed by atoms with Gasteiger partial charge >= 0.3 is 11.9 Å². The van der Waals surface area contributed by atoms with Crippen molar-refractivity contribution in [3.05, 3.63) is 57.8 Å². The average Bonchev–Trinajstić information content (AvgIpc) is 2.74. The molecule has 0 heterocycles. The lowest BCUT2D eigenvalue weighted by atomic mass is 10.0. The van der Waals surface area contributed by atoms with Crippen LogP contribution in [0.3, 0.4) is 0 Å². The second-order valence-electron chi connectivity index (χ2n) is 8.37. The second-order valence-corrected chi connectivity index (χ2v) is 11.2. The summed E-state index contributed by atoms with van der Waals surface area (Å²) in [5, 5.41) is 0.